The summed E-state index contributed by atoms with van der Waals surface area (Å²) in [7, 11) is 1.35. The Morgan fingerprint density at radius 1 is 1.23 bits per heavy atom. The van der Waals surface area contributed by atoms with Gasteiger partial charge in [-0.25, -0.2) is 9.18 Å². The third-order valence-electron chi connectivity index (χ3n) is 3.59. The van der Waals surface area contributed by atoms with Gasteiger partial charge in [-0.05, 0) is 54.4 Å². The number of benzene rings is 2. The summed E-state index contributed by atoms with van der Waals surface area (Å²) in [6, 6.07) is 9.84. The summed E-state index contributed by atoms with van der Waals surface area (Å²) in [6.45, 7) is 1.96. The van der Waals surface area contributed by atoms with Crippen molar-refractivity contribution in [1.82, 2.24) is 4.98 Å². The minimum atomic E-state index is -0.428. The van der Waals surface area contributed by atoms with Crippen molar-refractivity contribution >= 4 is 32.8 Å². The number of esters is 1. The molecule has 3 rings (SSSR count). The number of carbonyl (C=O) groups is 1. The highest BCUT2D eigenvalue weighted by atomic mass is 79.9. The van der Waals surface area contributed by atoms with E-state index in [0.29, 0.717) is 11.3 Å². The van der Waals surface area contributed by atoms with Crippen molar-refractivity contribution in [2.45, 2.75) is 6.92 Å². The molecule has 0 unspecified atom stereocenters. The van der Waals surface area contributed by atoms with E-state index in [4.69, 9.17) is 4.74 Å². The van der Waals surface area contributed by atoms with E-state index >= 15 is 0 Å². The number of nitrogens with one attached hydrogen (secondary N) is 1. The number of fused-ring (bicyclic) bond motifs is 1. The summed E-state index contributed by atoms with van der Waals surface area (Å²) in [5.74, 6) is -0.749. The molecular weight excluding hydrogens is 349 g/mol. The number of aromatic nitrogens is 1. The molecule has 1 aromatic heterocycles. The molecule has 112 valence electrons. The standard InChI is InChI=1S/C17H13BrFNO2/c1-9-7-11(18)8-13-14(17(21)22-2)16(20-15(9)13)10-3-5-12(19)6-4-10/h3-8,20H,1-2H3. The van der Waals surface area contributed by atoms with Gasteiger partial charge in [0.25, 0.3) is 0 Å². The van der Waals surface area contributed by atoms with E-state index in [1.807, 2.05) is 19.1 Å². The molecule has 0 aliphatic rings. The number of H-pyrrole nitrogens is 1. The normalized spacial score (nSPS) is 10.9. The third-order valence-corrected chi connectivity index (χ3v) is 4.05. The highest BCUT2D eigenvalue weighted by Gasteiger charge is 2.21. The fourth-order valence-corrected chi connectivity index (χ4v) is 3.15. The molecule has 0 radical (unpaired) electrons. The predicted octanol–water partition coefficient (Wildman–Crippen LogP) is 4.83. The fourth-order valence-electron chi connectivity index (χ4n) is 2.58. The number of halogens is 2. The monoisotopic (exact) mass is 361 g/mol. The smallest absolute Gasteiger partial charge is 0.340 e. The second kappa shape index (κ2) is 5.57. The number of methoxy groups -OCH3 is 1. The third kappa shape index (κ3) is 2.41. The topological polar surface area (TPSA) is 42.1 Å². The zero-order valence-electron chi connectivity index (χ0n) is 12.0. The van der Waals surface area contributed by atoms with Gasteiger partial charge in [0.05, 0.1) is 18.4 Å². The summed E-state index contributed by atoms with van der Waals surface area (Å²) in [4.78, 5) is 15.5. The Morgan fingerprint density at radius 3 is 2.55 bits per heavy atom. The van der Waals surface area contributed by atoms with Crippen LogP contribution in [0.3, 0.4) is 0 Å². The maximum absolute atomic E-state index is 13.1. The lowest BCUT2D eigenvalue weighted by atomic mass is 10.0. The summed E-state index contributed by atoms with van der Waals surface area (Å²) in [6.07, 6.45) is 0. The number of rotatable bonds is 2. The van der Waals surface area contributed by atoms with Gasteiger partial charge >= 0.3 is 5.97 Å². The Kier molecular flexibility index (Phi) is 3.74. The molecule has 0 amide bonds. The predicted molar refractivity (Wildman–Crippen MR) is 87.5 cm³/mol. The van der Waals surface area contributed by atoms with Crippen LogP contribution in [0.2, 0.25) is 0 Å². The van der Waals surface area contributed by atoms with Crippen molar-refractivity contribution in [2.75, 3.05) is 7.11 Å². The Hall–Kier alpha value is -2.14. The van der Waals surface area contributed by atoms with E-state index in [-0.39, 0.29) is 5.82 Å². The van der Waals surface area contributed by atoms with Crippen molar-refractivity contribution < 1.29 is 13.9 Å². The molecule has 1 heterocycles. The number of aromatic amines is 1. The molecular formula is C17H13BrFNO2. The first-order valence-electron chi connectivity index (χ1n) is 6.67. The van der Waals surface area contributed by atoms with Crippen LogP contribution < -0.4 is 0 Å². The van der Waals surface area contributed by atoms with Crippen LogP contribution in [0, 0.1) is 12.7 Å². The molecule has 22 heavy (non-hydrogen) atoms. The van der Waals surface area contributed by atoms with Crippen LogP contribution >= 0.6 is 15.9 Å². The molecule has 3 aromatic rings. The molecule has 0 bridgehead atoms. The van der Waals surface area contributed by atoms with Crippen LogP contribution in [0.1, 0.15) is 15.9 Å². The first-order chi connectivity index (χ1) is 10.5. The minimum Gasteiger partial charge on any atom is -0.465 e. The van der Waals surface area contributed by atoms with Gasteiger partial charge in [-0.2, -0.15) is 0 Å². The zero-order chi connectivity index (χ0) is 15.9. The zero-order valence-corrected chi connectivity index (χ0v) is 13.6. The van der Waals surface area contributed by atoms with Gasteiger partial charge in [0.2, 0.25) is 0 Å². The summed E-state index contributed by atoms with van der Waals surface area (Å²) in [5, 5.41) is 0.776. The number of hydrogen-bond acceptors (Lipinski definition) is 2. The van der Waals surface area contributed by atoms with E-state index in [1.165, 1.54) is 19.2 Å². The highest BCUT2D eigenvalue weighted by Crippen LogP contribution is 2.34. The first kappa shape index (κ1) is 14.8. The molecule has 0 atom stereocenters. The molecule has 0 spiro atoms. The van der Waals surface area contributed by atoms with E-state index in [0.717, 1.165) is 26.5 Å². The lowest BCUT2D eigenvalue weighted by Crippen LogP contribution is -2.02. The van der Waals surface area contributed by atoms with Gasteiger partial charge in [0.1, 0.15) is 5.82 Å². The van der Waals surface area contributed by atoms with Gasteiger partial charge in [0, 0.05) is 15.4 Å². The van der Waals surface area contributed by atoms with Crippen LogP contribution in [0.15, 0.2) is 40.9 Å². The fraction of sp³-hybridized carbons (Fsp3) is 0.118. The maximum Gasteiger partial charge on any atom is 0.340 e. The molecule has 3 nitrogen and oxygen atoms in total. The van der Waals surface area contributed by atoms with Crippen LogP contribution in [0.25, 0.3) is 22.2 Å². The molecule has 0 aliphatic heterocycles. The summed E-state index contributed by atoms with van der Waals surface area (Å²) >= 11 is 3.45. The number of carbonyl (C=O) groups excluding carboxylic acids is 1. The Labute approximate surface area is 135 Å². The number of ether oxygens (including phenoxy) is 1. The van der Waals surface area contributed by atoms with E-state index in [2.05, 4.69) is 20.9 Å². The number of aryl methyl sites for hydroxylation is 1. The van der Waals surface area contributed by atoms with Crippen LogP contribution in [0.4, 0.5) is 4.39 Å². The second-order valence-corrected chi connectivity index (χ2v) is 5.93. The van der Waals surface area contributed by atoms with Crippen molar-refractivity contribution in [3.8, 4) is 11.3 Å². The lowest BCUT2D eigenvalue weighted by molar-refractivity contribution is 0.0604. The SMILES string of the molecule is COC(=O)c1c(-c2ccc(F)cc2)[nH]c2c(C)cc(Br)cc12. The van der Waals surface area contributed by atoms with Gasteiger partial charge in [-0.3, -0.25) is 0 Å². The van der Waals surface area contributed by atoms with Gasteiger partial charge in [0.15, 0.2) is 0 Å². The molecule has 0 fully saturated rings. The quantitative estimate of drug-likeness (QED) is 0.664. The van der Waals surface area contributed by atoms with Gasteiger partial charge in [-0.15, -0.1) is 0 Å². The average Bonchev–Trinajstić information content (AvgIpc) is 2.87. The molecule has 2 aromatic carbocycles. The summed E-state index contributed by atoms with van der Waals surface area (Å²) < 4.78 is 18.9. The minimum absolute atomic E-state index is 0.321. The van der Waals surface area contributed by atoms with E-state index in [1.54, 1.807) is 12.1 Å². The van der Waals surface area contributed by atoms with E-state index in [9.17, 15) is 9.18 Å². The Bertz CT molecular complexity index is 868. The van der Waals surface area contributed by atoms with Crippen molar-refractivity contribution in [3.05, 3.63) is 57.8 Å². The average molecular weight is 362 g/mol. The Morgan fingerprint density at radius 2 is 1.91 bits per heavy atom. The van der Waals surface area contributed by atoms with Gasteiger partial charge in [-0.1, -0.05) is 15.9 Å². The maximum atomic E-state index is 13.1. The highest BCUT2D eigenvalue weighted by molar-refractivity contribution is 9.10. The van der Waals surface area contributed by atoms with Crippen LogP contribution in [-0.4, -0.2) is 18.1 Å². The Balaban J connectivity index is 2.36. The molecule has 0 saturated heterocycles. The second-order valence-electron chi connectivity index (χ2n) is 5.02. The first-order valence-corrected chi connectivity index (χ1v) is 7.46. The van der Waals surface area contributed by atoms with Crippen molar-refractivity contribution in [1.29, 1.82) is 0 Å². The van der Waals surface area contributed by atoms with E-state index < -0.39 is 5.97 Å². The van der Waals surface area contributed by atoms with Gasteiger partial charge < -0.3 is 9.72 Å². The molecule has 0 aliphatic carbocycles. The molecule has 1 N–H and O–H groups in total. The van der Waals surface area contributed by atoms with Crippen molar-refractivity contribution in [2.24, 2.45) is 0 Å². The lowest BCUT2D eigenvalue weighted by Gasteiger charge is -2.03. The van der Waals surface area contributed by atoms with Crippen LogP contribution in [0.5, 0.6) is 0 Å². The van der Waals surface area contributed by atoms with Crippen molar-refractivity contribution in [3.63, 3.8) is 0 Å². The molecule has 0 saturated carbocycles. The summed E-state index contributed by atoms with van der Waals surface area (Å²) in [5.41, 5.74) is 3.68. The van der Waals surface area contributed by atoms with Crippen LogP contribution in [-0.2, 0) is 4.74 Å². The largest absolute Gasteiger partial charge is 0.465 e. The molecule has 5 heteroatoms. The number of hydrogen-bond donors (Lipinski definition) is 1.